The van der Waals surface area contributed by atoms with Gasteiger partial charge >= 0.3 is 5.97 Å². The molecule has 0 aliphatic carbocycles. The van der Waals surface area contributed by atoms with Crippen molar-refractivity contribution in [2.45, 2.75) is 10.6 Å². The molecule has 8 nitrogen and oxygen atoms in total. The van der Waals surface area contributed by atoms with Crippen LogP contribution in [0.5, 0.6) is 0 Å². The second-order valence-corrected chi connectivity index (χ2v) is 6.37. The molecule has 0 aliphatic heterocycles. The summed E-state index contributed by atoms with van der Waals surface area (Å²) < 4.78 is 1.69. The summed E-state index contributed by atoms with van der Waals surface area (Å²) in [6.07, 6.45) is 1.75. The van der Waals surface area contributed by atoms with E-state index in [2.05, 4.69) is 20.8 Å². The molecule has 1 amide bonds. The quantitative estimate of drug-likeness (QED) is 0.478. The third-order valence-electron chi connectivity index (χ3n) is 3.40. The third kappa shape index (κ3) is 5.25. The van der Waals surface area contributed by atoms with Gasteiger partial charge in [-0.15, -0.1) is 16.9 Å². The van der Waals surface area contributed by atoms with Crippen LogP contribution in [0.3, 0.4) is 0 Å². The van der Waals surface area contributed by atoms with Crippen LogP contribution in [0, 0.1) is 0 Å². The van der Waals surface area contributed by atoms with Gasteiger partial charge in [0, 0.05) is 22.7 Å². The van der Waals surface area contributed by atoms with Crippen molar-refractivity contribution in [3.05, 3.63) is 72.6 Å². The molecular formula is C18H15N5O3S. The van der Waals surface area contributed by atoms with Crippen molar-refractivity contribution < 1.29 is 14.7 Å². The number of nitrogens with one attached hydrogen (secondary N) is 1. The Morgan fingerprint density at radius 2 is 1.81 bits per heavy atom. The van der Waals surface area contributed by atoms with E-state index < -0.39 is 11.9 Å². The van der Waals surface area contributed by atoms with Crippen LogP contribution in [0.15, 0.2) is 71.6 Å². The van der Waals surface area contributed by atoms with Crippen molar-refractivity contribution in [3.63, 3.8) is 0 Å². The fourth-order valence-electron chi connectivity index (χ4n) is 2.18. The summed E-state index contributed by atoms with van der Waals surface area (Å²) in [7, 11) is 0. The molecule has 0 fully saturated rings. The molecule has 0 saturated heterocycles. The van der Waals surface area contributed by atoms with Crippen molar-refractivity contribution in [1.29, 1.82) is 0 Å². The molecule has 1 heterocycles. The number of carbonyl (C=O) groups is 2. The van der Waals surface area contributed by atoms with Crippen LogP contribution in [0.2, 0.25) is 0 Å². The zero-order chi connectivity index (χ0) is 19.1. The van der Waals surface area contributed by atoms with E-state index in [1.165, 1.54) is 0 Å². The number of nitrogens with zero attached hydrogens (tertiary/aromatic N) is 4. The average Bonchev–Trinajstić information content (AvgIpc) is 3.15. The molecular weight excluding hydrogens is 366 g/mol. The van der Waals surface area contributed by atoms with Gasteiger partial charge in [0.2, 0.25) is 5.91 Å². The number of aromatic nitrogens is 4. The van der Waals surface area contributed by atoms with Gasteiger partial charge in [-0.2, -0.15) is 4.68 Å². The van der Waals surface area contributed by atoms with Crippen LogP contribution < -0.4 is 5.32 Å². The highest BCUT2D eigenvalue weighted by atomic mass is 32.2. The lowest BCUT2D eigenvalue weighted by atomic mass is 10.3. The summed E-state index contributed by atoms with van der Waals surface area (Å²) >= 11 is 1.56. The maximum Gasteiger partial charge on any atom is 0.328 e. The summed E-state index contributed by atoms with van der Waals surface area (Å²) in [5.74, 6) is -0.369. The summed E-state index contributed by atoms with van der Waals surface area (Å²) in [5, 5.41) is 22.9. The van der Waals surface area contributed by atoms with E-state index in [0.717, 1.165) is 28.6 Å². The van der Waals surface area contributed by atoms with Crippen LogP contribution in [0.4, 0.5) is 5.69 Å². The summed E-state index contributed by atoms with van der Waals surface area (Å²) in [4.78, 5) is 22.9. The highest BCUT2D eigenvalue weighted by Crippen LogP contribution is 2.24. The minimum atomic E-state index is -1.17. The van der Waals surface area contributed by atoms with Crippen molar-refractivity contribution in [1.82, 2.24) is 20.2 Å². The number of anilines is 1. The molecule has 9 heteroatoms. The summed E-state index contributed by atoms with van der Waals surface area (Å²) in [6, 6.07) is 16.8. The Morgan fingerprint density at radius 1 is 1.07 bits per heavy atom. The number of carbonyl (C=O) groups excluding carboxylic acids is 1. The van der Waals surface area contributed by atoms with E-state index in [0.29, 0.717) is 11.4 Å². The molecule has 0 unspecified atom stereocenters. The fourth-order valence-corrected chi connectivity index (χ4v) is 2.98. The monoisotopic (exact) mass is 381 g/mol. The van der Waals surface area contributed by atoms with E-state index in [4.69, 9.17) is 5.11 Å². The summed E-state index contributed by atoms with van der Waals surface area (Å²) in [5.41, 5.74) is 1.47. The van der Waals surface area contributed by atoms with Crippen molar-refractivity contribution in [2.24, 2.45) is 0 Å². The Bertz CT molecular complexity index is 955. The van der Waals surface area contributed by atoms with Crippen molar-refractivity contribution in [3.8, 4) is 5.69 Å². The number of carboxylic acids is 1. The molecule has 27 heavy (non-hydrogen) atoms. The normalized spacial score (nSPS) is 10.8. The molecule has 0 aliphatic rings. The molecule has 3 rings (SSSR count). The smallest absolute Gasteiger partial charge is 0.328 e. The molecule has 2 N–H and O–H groups in total. The standard InChI is InChI=1S/C18H15N5O3S/c24-17(10-11-18(25)26)19-13-6-8-15(9-7-13)27-12-16-20-21-22-23(16)14-4-2-1-3-5-14/h1-11H,12H2,(H,19,24)(H,25,26)/b11-10+. The lowest BCUT2D eigenvalue weighted by Gasteiger charge is -2.06. The summed E-state index contributed by atoms with van der Waals surface area (Å²) in [6.45, 7) is 0. The second-order valence-electron chi connectivity index (χ2n) is 5.32. The number of rotatable bonds is 7. The Hall–Kier alpha value is -3.46. The van der Waals surface area contributed by atoms with Gasteiger partial charge in [0.25, 0.3) is 0 Å². The molecule has 0 radical (unpaired) electrons. The van der Waals surface area contributed by atoms with Crippen LogP contribution in [-0.2, 0) is 15.3 Å². The first-order valence-corrected chi connectivity index (χ1v) is 8.88. The van der Waals surface area contributed by atoms with Crippen LogP contribution in [0.25, 0.3) is 5.69 Å². The zero-order valence-electron chi connectivity index (χ0n) is 14.0. The van der Waals surface area contributed by atoms with Gasteiger partial charge in [0.15, 0.2) is 5.82 Å². The van der Waals surface area contributed by atoms with Gasteiger partial charge in [0.05, 0.1) is 11.4 Å². The molecule has 0 spiro atoms. The topological polar surface area (TPSA) is 110 Å². The van der Waals surface area contributed by atoms with Crippen molar-refractivity contribution in [2.75, 3.05) is 5.32 Å². The minimum absolute atomic E-state index is 0.500. The Labute approximate surface area is 158 Å². The molecule has 2 aromatic carbocycles. The van der Waals surface area contributed by atoms with Crippen LogP contribution in [-0.4, -0.2) is 37.2 Å². The number of carboxylic acid groups (broad SMARTS) is 1. The predicted octanol–water partition coefficient (Wildman–Crippen LogP) is 2.53. The van der Waals surface area contributed by atoms with Gasteiger partial charge < -0.3 is 10.4 Å². The lowest BCUT2D eigenvalue weighted by Crippen LogP contribution is -2.08. The molecule has 0 bridgehead atoms. The van der Waals surface area contributed by atoms with Gasteiger partial charge in [0.1, 0.15) is 0 Å². The number of benzene rings is 2. The average molecular weight is 381 g/mol. The second kappa shape index (κ2) is 8.77. The van der Waals surface area contributed by atoms with Crippen molar-refractivity contribution >= 4 is 29.3 Å². The maximum absolute atomic E-state index is 11.6. The van der Waals surface area contributed by atoms with E-state index in [1.807, 2.05) is 42.5 Å². The highest BCUT2D eigenvalue weighted by Gasteiger charge is 2.08. The van der Waals surface area contributed by atoms with E-state index in [9.17, 15) is 9.59 Å². The fraction of sp³-hybridized carbons (Fsp3) is 0.0556. The van der Waals surface area contributed by atoms with E-state index in [-0.39, 0.29) is 0 Å². The number of hydrogen-bond donors (Lipinski definition) is 2. The predicted molar refractivity (Wildman–Crippen MR) is 101 cm³/mol. The first-order chi connectivity index (χ1) is 13.1. The number of hydrogen-bond acceptors (Lipinski definition) is 6. The Morgan fingerprint density at radius 3 is 2.52 bits per heavy atom. The van der Waals surface area contributed by atoms with Crippen LogP contribution in [0.1, 0.15) is 5.82 Å². The zero-order valence-corrected chi connectivity index (χ0v) is 14.8. The van der Waals surface area contributed by atoms with Gasteiger partial charge in [-0.3, -0.25) is 4.79 Å². The van der Waals surface area contributed by atoms with E-state index >= 15 is 0 Å². The number of thioether (sulfide) groups is 1. The van der Waals surface area contributed by atoms with Crippen LogP contribution >= 0.6 is 11.8 Å². The van der Waals surface area contributed by atoms with Gasteiger partial charge in [-0.1, -0.05) is 18.2 Å². The minimum Gasteiger partial charge on any atom is -0.478 e. The Kier molecular flexibility index (Phi) is 5.95. The SMILES string of the molecule is O=C(O)/C=C/C(=O)Nc1ccc(SCc2nnnn2-c2ccccc2)cc1. The molecule has 136 valence electrons. The molecule has 0 atom stereocenters. The number of aliphatic carboxylic acids is 1. The maximum atomic E-state index is 11.6. The molecule has 0 saturated carbocycles. The largest absolute Gasteiger partial charge is 0.478 e. The third-order valence-corrected chi connectivity index (χ3v) is 4.41. The number of tetrazole rings is 1. The van der Waals surface area contributed by atoms with Gasteiger partial charge in [-0.25, -0.2) is 4.79 Å². The molecule has 3 aromatic rings. The lowest BCUT2D eigenvalue weighted by molar-refractivity contribution is -0.131. The molecule has 1 aromatic heterocycles. The highest BCUT2D eigenvalue weighted by molar-refractivity contribution is 7.98. The first kappa shape index (κ1) is 18.3. The first-order valence-electron chi connectivity index (χ1n) is 7.89. The number of amides is 1. The number of para-hydroxylation sites is 1. The van der Waals surface area contributed by atoms with E-state index in [1.54, 1.807) is 28.6 Å². The Balaban J connectivity index is 1.59. The van der Waals surface area contributed by atoms with Gasteiger partial charge in [-0.05, 0) is 46.8 Å².